The predicted octanol–water partition coefficient (Wildman–Crippen LogP) is 9.38. The molecule has 0 saturated heterocycles. The summed E-state index contributed by atoms with van der Waals surface area (Å²) in [6.45, 7) is 21.9. The molecule has 0 radical (unpaired) electrons. The number of carbonyl (C=O) groups is 3. The van der Waals surface area contributed by atoms with Crippen molar-refractivity contribution in [2.45, 2.75) is 121 Å². The van der Waals surface area contributed by atoms with E-state index in [1.54, 1.807) is 0 Å². The first-order chi connectivity index (χ1) is 18.5. The van der Waals surface area contributed by atoms with Gasteiger partial charge in [0.25, 0.3) is 0 Å². The van der Waals surface area contributed by atoms with Gasteiger partial charge in [-0.15, -0.1) is 0 Å². The first-order valence-electron chi connectivity index (χ1n) is 15.1. The van der Waals surface area contributed by atoms with E-state index >= 15 is 4.79 Å². The topological polar surface area (TPSA) is 71.4 Å². The maximum atomic E-state index is 15.1. The van der Waals surface area contributed by atoms with Gasteiger partial charge in [0.2, 0.25) is 0 Å². The lowest BCUT2D eigenvalue weighted by Crippen LogP contribution is -2.71. The molecule has 1 saturated carbocycles. The van der Waals surface area contributed by atoms with Crippen molar-refractivity contribution in [3.05, 3.63) is 57.9 Å². The van der Waals surface area contributed by atoms with Crippen molar-refractivity contribution in [1.29, 1.82) is 0 Å². The second-order valence-corrected chi connectivity index (χ2v) is 13.6. The third kappa shape index (κ3) is 5.92. The molecule has 1 unspecified atom stereocenters. The summed E-state index contributed by atoms with van der Waals surface area (Å²) < 4.78 is 0. The van der Waals surface area contributed by atoms with E-state index in [1.165, 1.54) is 5.57 Å². The molecule has 4 nitrogen and oxygen atoms in total. The molecular formula is C36H54O4. The summed E-state index contributed by atoms with van der Waals surface area (Å²) in [6, 6.07) is 0. The molecule has 0 heterocycles. The number of hydrogen-bond acceptors (Lipinski definition) is 4. The monoisotopic (exact) mass is 550 g/mol. The number of Topliss-reactive ketones (excluding diaryl/α,β-unsaturated/α-hetero) is 3. The molecule has 0 aromatic carbocycles. The number of allylic oxidation sites excluding steroid dienone is 10. The third-order valence-corrected chi connectivity index (χ3v) is 9.51. The standard InChI is InChI=1S/C36H54O4/c1-12-27(10)30(37)36-32(39)29(18-16-25(6)7)31(38)35(33(36)40,21-19-26(8)9)22-28(17-15-24(4)5)34(36,11)20-13-14-23(2)3/h14-16,19,27-28,38H,12-13,17-18,20-22H2,1-11H3/t27?,28-,34+,35-,36+/m1/s1. The Kier molecular flexibility index (Phi) is 11.0. The molecule has 0 spiro atoms. The summed E-state index contributed by atoms with van der Waals surface area (Å²) >= 11 is 0. The fourth-order valence-corrected chi connectivity index (χ4v) is 6.83. The van der Waals surface area contributed by atoms with E-state index in [2.05, 4.69) is 26.0 Å². The van der Waals surface area contributed by atoms with Gasteiger partial charge in [-0.2, -0.15) is 0 Å². The molecular weight excluding hydrogens is 496 g/mol. The molecule has 40 heavy (non-hydrogen) atoms. The number of hydrogen-bond donors (Lipinski definition) is 1. The Morgan fingerprint density at radius 1 is 0.925 bits per heavy atom. The molecule has 0 aromatic heterocycles. The first kappa shape index (κ1) is 33.7. The number of ketones is 3. The maximum absolute atomic E-state index is 15.1. The van der Waals surface area contributed by atoms with Crippen molar-refractivity contribution in [2.24, 2.45) is 28.1 Å². The second-order valence-electron chi connectivity index (χ2n) is 13.6. The molecule has 2 aliphatic rings. The van der Waals surface area contributed by atoms with Crippen LogP contribution in [0.4, 0.5) is 0 Å². The van der Waals surface area contributed by atoms with Gasteiger partial charge in [0.15, 0.2) is 22.8 Å². The van der Waals surface area contributed by atoms with Crippen molar-refractivity contribution in [3.63, 3.8) is 0 Å². The van der Waals surface area contributed by atoms with E-state index in [0.29, 0.717) is 32.1 Å². The average molecular weight is 551 g/mol. The maximum Gasteiger partial charge on any atom is 0.184 e. The SMILES string of the molecule is CCC(C)C(=O)[C@@]12C(=O)C(CC=C(C)C)=C(O)[C@@](CC=C(C)C)(C[C@@H](CC=C(C)C)[C@]1(C)CCC=C(C)C)C2=O. The van der Waals surface area contributed by atoms with Crippen molar-refractivity contribution in [1.82, 2.24) is 0 Å². The van der Waals surface area contributed by atoms with Crippen LogP contribution in [0.3, 0.4) is 0 Å². The molecule has 0 aromatic rings. The molecule has 1 N–H and O–H groups in total. The van der Waals surface area contributed by atoms with Crippen molar-refractivity contribution in [3.8, 4) is 0 Å². The van der Waals surface area contributed by atoms with Gasteiger partial charge in [0.1, 0.15) is 5.76 Å². The number of aliphatic hydroxyl groups excluding tert-OH is 1. The van der Waals surface area contributed by atoms with Gasteiger partial charge >= 0.3 is 0 Å². The zero-order valence-corrected chi connectivity index (χ0v) is 27.1. The quantitative estimate of drug-likeness (QED) is 0.194. The van der Waals surface area contributed by atoms with E-state index in [-0.39, 0.29) is 41.7 Å². The number of aliphatic hydroxyl groups is 1. The van der Waals surface area contributed by atoms with Crippen LogP contribution in [0.25, 0.3) is 0 Å². The summed E-state index contributed by atoms with van der Waals surface area (Å²) in [4.78, 5) is 44.8. The Balaban J connectivity index is 3.11. The lowest BCUT2D eigenvalue weighted by Gasteiger charge is -2.61. The van der Waals surface area contributed by atoms with Crippen LogP contribution >= 0.6 is 0 Å². The molecule has 5 atom stereocenters. The molecule has 2 rings (SSSR count). The number of fused-ring (bicyclic) bond motifs is 2. The zero-order chi connectivity index (χ0) is 30.6. The van der Waals surface area contributed by atoms with Crippen LogP contribution in [0.1, 0.15) is 121 Å². The van der Waals surface area contributed by atoms with Crippen molar-refractivity contribution in [2.75, 3.05) is 0 Å². The smallest absolute Gasteiger partial charge is 0.184 e. The highest BCUT2D eigenvalue weighted by Crippen LogP contribution is 2.67. The van der Waals surface area contributed by atoms with Gasteiger partial charge in [-0.1, -0.05) is 67.4 Å². The molecule has 2 aliphatic carbocycles. The zero-order valence-electron chi connectivity index (χ0n) is 27.1. The summed E-state index contributed by atoms with van der Waals surface area (Å²) in [7, 11) is 0. The fraction of sp³-hybridized carbons (Fsp3) is 0.639. The van der Waals surface area contributed by atoms with Gasteiger partial charge in [-0.05, 0) is 112 Å². The Hall–Kier alpha value is -2.49. The minimum absolute atomic E-state index is 0.112. The minimum atomic E-state index is -1.83. The Morgan fingerprint density at radius 3 is 1.98 bits per heavy atom. The molecule has 4 heteroatoms. The van der Waals surface area contributed by atoms with Crippen LogP contribution < -0.4 is 0 Å². The summed E-state index contributed by atoms with van der Waals surface area (Å²) in [5, 5.41) is 11.9. The van der Waals surface area contributed by atoms with Crippen molar-refractivity contribution >= 4 is 17.3 Å². The van der Waals surface area contributed by atoms with E-state index in [1.807, 2.05) is 74.5 Å². The minimum Gasteiger partial charge on any atom is -0.511 e. The summed E-state index contributed by atoms with van der Waals surface area (Å²) in [5.41, 5.74) is 0.600. The van der Waals surface area contributed by atoms with E-state index in [9.17, 15) is 14.7 Å². The Labute approximate surface area is 243 Å². The van der Waals surface area contributed by atoms with Crippen LogP contribution in [0.2, 0.25) is 0 Å². The van der Waals surface area contributed by atoms with Gasteiger partial charge < -0.3 is 5.11 Å². The van der Waals surface area contributed by atoms with Crippen molar-refractivity contribution < 1.29 is 19.5 Å². The molecule has 222 valence electrons. The summed E-state index contributed by atoms with van der Waals surface area (Å²) in [6.07, 6.45) is 11.6. The fourth-order valence-electron chi connectivity index (χ4n) is 6.83. The summed E-state index contributed by atoms with van der Waals surface area (Å²) in [5.74, 6) is -1.81. The van der Waals surface area contributed by atoms with Gasteiger partial charge in [-0.3, -0.25) is 14.4 Å². The highest BCUT2D eigenvalue weighted by molar-refractivity contribution is 6.33. The lowest BCUT2D eigenvalue weighted by molar-refractivity contribution is -0.180. The van der Waals surface area contributed by atoms with Crippen LogP contribution in [0, 0.1) is 28.1 Å². The Bertz CT molecular complexity index is 1160. The lowest BCUT2D eigenvalue weighted by atomic mass is 9.37. The van der Waals surface area contributed by atoms with Crippen LogP contribution in [-0.2, 0) is 14.4 Å². The largest absolute Gasteiger partial charge is 0.511 e. The molecule has 0 aliphatic heterocycles. The number of carbonyl (C=O) groups excluding carboxylic acids is 3. The third-order valence-electron chi connectivity index (χ3n) is 9.51. The molecule has 1 fully saturated rings. The van der Waals surface area contributed by atoms with E-state index in [0.717, 1.165) is 16.7 Å². The van der Waals surface area contributed by atoms with Gasteiger partial charge in [0.05, 0.1) is 5.41 Å². The molecule has 0 amide bonds. The van der Waals surface area contributed by atoms with Crippen LogP contribution in [-0.4, -0.2) is 22.5 Å². The van der Waals surface area contributed by atoms with Gasteiger partial charge in [0, 0.05) is 11.5 Å². The predicted molar refractivity (Wildman–Crippen MR) is 166 cm³/mol. The Morgan fingerprint density at radius 2 is 1.48 bits per heavy atom. The average Bonchev–Trinajstić information content (AvgIpc) is 2.86. The van der Waals surface area contributed by atoms with Gasteiger partial charge in [-0.25, -0.2) is 0 Å². The first-order valence-corrected chi connectivity index (χ1v) is 15.1. The van der Waals surface area contributed by atoms with E-state index in [4.69, 9.17) is 0 Å². The van der Waals surface area contributed by atoms with Crippen LogP contribution in [0.5, 0.6) is 0 Å². The van der Waals surface area contributed by atoms with E-state index < -0.39 is 27.9 Å². The highest BCUT2D eigenvalue weighted by Gasteiger charge is 2.76. The van der Waals surface area contributed by atoms with Crippen LogP contribution in [0.15, 0.2) is 57.9 Å². The number of rotatable bonds is 12. The highest BCUT2D eigenvalue weighted by atomic mass is 16.3. The second kappa shape index (κ2) is 13.0. The molecule has 2 bridgehead atoms. The normalized spacial score (nSPS) is 28.5.